The van der Waals surface area contributed by atoms with Crippen LogP contribution >= 0.6 is 8.69 Å². The van der Waals surface area contributed by atoms with Gasteiger partial charge < -0.3 is 9.42 Å². The second-order valence-corrected chi connectivity index (χ2v) is 5.39. The van der Waals surface area contributed by atoms with Crippen molar-refractivity contribution in [1.82, 2.24) is 0 Å². The van der Waals surface area contributed by atoms with Gasteiger partial charge in [-0.25, -0.2) is 0 Å². The highest BCUT2D eigenvalue weighted by molar-refractivity contribution is 7.40. The third kappa shape index (κ3) is 3.43. The van der Waals surface area contributed by atoms with Gasteiger partial charge in [-0.2, -0.15) is 0 Å². The standard InChI is InChI=1S/C12H18FO2P/c1-5-9-6-7-11(15-16(13)14)10(8-9)12(2,3)4/h6-8,14H,5H2,1-4H3. The first-order chi connectivity index (χ1) is 7.34. The fraction of sp³-hybridized carbons (Fsp3) is 0.500. The van der Waals surface area contributed by atoms with Crippen molar-refractivity contribution < 1.29 is 13.6 Å². The molecule has 0 saturated heterocycles. The Kier molecular flexibility index (Phi) is 4.28. The first-order valence-corrected chi connectivity index (χ1v) is 6.41. The zero-order valence-electron chi connectivity index (χ0n) is 10.1. The molecule has 1 rings (SSSR count). The Balaban J connectivity index is 3.17. The normalized spacial score (nSPS) is 13.6. The molecule has 1 atom stereocenters. The largest absolute Gasteiger partial charge is 0.436 e. The third-order valence-electron chi connectivity index (χ3n) is 2.43. The number of aryl methyl sites for hydroxylation is 1. The van der Waals surface area contributed by atoms with E-state index < -0.39 is 8.69 Å². The second-order valence-electron chi connectivity index (χ2n) is 4.75. The lowest BCUT2D eigenvalue weighted by Gasteiger charge is -2.23. The molecule has 0 aromatic heterocycles. The van der Waals surface area contributed by atoms with E-state index in [0.29, 0.717) is 5.75 Å². The average molecular weight is 244 g/mol. The molecule has 1 aromatic carbocycles. The van der Waals surface area contributed by atoms with Crippen LogP contribution in [-0.2, 0) is 11.8 Å². The molecule has 0 heterocycles. The lowest BCUT2D eigenvalue weighted by Crippen LogP contribution is -2.13. The highest BCUT2D eigenvalue weighted by Gasteiger charge is 2.21. The van der Waals surface area contributed by atoms with E-state index in [9.17, 15) is 4.20 Å². The van der Waals surface area contributed by atoms with Crippen LogP contribution in [-0.4, -0.2) is 4.89 Å². The minimum absolute atomic E-state index is 0.133. The van der Waals surface area contributed by atoms with Crippen molar-refractivity contribution in [1.29, 1.82) is 0 Å². The maximum Gasteiger partial charge on any atom is 0.436 e. The highest BCUT2D eigenvalue weighted by Crippen LogP contribution is 2.40. The summed E-state index contributed by atoms with van der Waals surface area (Å²) in [7, 11) is -2.85. The summed E-state index contributed by atoms with van der Waals surface area (Å²) in [6.45, 7) is 8.17. The monoisotopic (exact) mass is 244 g/mol. The molecule has 16 heavy (non-hydrogen) atoms. The smallest absolute Gasteiger partial charge is 0.424 e. The molecule has 0 fully saturated rings. The van der Waals surface area contributed by atoms with Gasteiger partial charge in [0.25, 0.3) is 0 Å². The predicted molar refractivity (Wildman–Crippen MR) is 65.4 cm³/mol. The molecule has 90 valence electrons. The fourth-order valence-electron chi connectivity index (χ4n) is 1.54. The lowest BCUT2D eigenvalue weighted by atomic mass is 9.85. The van der Waals surface area contributed by atoms with E-state index >= 15 is 0 Å². The van der Waals surface area contributed by atoms with E-state index in [1.807, 2.05) is 32.9 Å². The van der Waals surface area contributed by atoms with Gasteiger partial charge in [-0.1, -0.05) is 39.8 Å². The first kappa shape index (κ1) is 13.4. The predicted octanol–water partition coefficient (Wildman–Crippen LogP) is 4.11. The molecule has 0 amide bonds. The quantitative estimate of drug-likeness (QED) is 0.810. The van der Waals surface area contributed by atoms with Gasteiger partial charge in [-0.3, -0.25) is 0 Å². The van der Waals surface area contributed by atoms with Crippen molar-refractivity contribution in [3.8, 4) is 5.75 Å². The summed E-state index contributed by atoms with van der Waals surface area (Å²) < 4.78 is 17.4. The Morgan fingerprint density at radius 1 is 1.38 bits per heavy atom. The number of rotatable bonds is 3. The Bertz CT molecular complexity index is 359. The van der Waals surface area contributed by atoms with Gasteiger partial charge in [-0.05, 0) is 23.5 Å². The minimum atomic E-state index is -2.85. The van der Waals surface area contributed by atoms with Gasteiger partial charge in [0.1, 0.15) is 5.75 Å². The molecule has 0 aliphatic heterocycles. The van der Waals surface area contributed by atoms with Gasteiger partial charge >= 0.3 is 8.69 Å². The van der Waals surface area contributed by atoms with Crippen LogP contribution in [0.4, 0.5) is 4.20 Å². The summed E-state index contributed by atoms with van der Waals surface area (Å²) in [5.74, 6) is 0.431. The molecule has 4 heteroatoms. The van der Waals surface area contributed by atoms with E-state index in [1.165, 1.54) is 5.56 Å². The van der Waals surface area contributed by atoms with Crippen molar-refractivity contribution in [2.45, 2.75) is 39.5 Å². The molecule has 0 spiro atoms. The second kappa shape index (κ2) is 5.11. The molecular weight excluding hydrogens is 226 g/mol. The van der Waals surface area contributed by atoms with Crippen molar-refractivity contribution >= 4 is 8.69 Å². The van der Waals surface area contributed by atoms with Crippen LogP contribution in [0.1, 0.15) is 38.8 Å². The topological polar surface area (TPSA) is 29.5 Å². The Labute approximate surface area is 97.5 Å². The molecule has 0 aliphatic rings. The number of hydrogen-bond donors (Lipinski definition) is 1. The average Bonchev–Trinajstić information content (AvgIpc) is 2.15. The summed E-state index contributed by atoms with van der Waals surface area (Å²) in [6, 6.07) is 5.63. The SMILES string of the molecule is CCc1ccc(OP(O)F)c(C(C)(C)C)c1. The van der Waals surface area contributed by atoms with E-state index in [2.05, 4.69) is 6.92 Å². The minimum Gasteiger partial charge on any atom is -0.424 e. The van der Waals surface area contributed by atoms with Gasteiger partial charge in [0.2, 0.25) is 0 Å². The molecule has 1 aromatic rings. The Morgan fingerprint density at radius 3 is 2.44 bits per heavy atom. The fourth-order valence-corrected chi connectivity index (χ4v) is 1.87. The van der Waals surface area contributed by atoms with Gasteiger partial charge in [-0.15, -0.1) is 4.20 Å². The molecule has 0 bridgehead atoms. The van der Waals surface area contributed by atoms with Gasteiger partial charge in [0, 0.05) is 5.56 Å². The molecule has 0 aliphatic carbocycles. The van der Waals surface area contributed by atoms with Crippen LogP contribution in [0, 0.1) is 0 Å². The van der Waals surface area contributed by atoms with Crippen molar-refractivity contribution in [2.75, 3.05) is 0 Å². The van der Waals surface area contributed by atoms with Crippen molar-refractivity contribution in [2.24, 2.45) is 0 Å². The first-order valence-electron chi connectivity index (χ1n) is 5.30. The maximum atomic E-state index is 12.5. The molecular formula is C12H18FO2P. The van der Waals surface area contributed by atoms with Gasteiger partial charge in [0.05, 0.1) is 0 Å². The van der Waals surface area contributed by atoms with Crippen LogP contribution < -0.4 is 4.52 Å². The molecule has 0 saturated carbocycles. The van der Waals surface area contributed by atoms with E-state index in [0.717, 1.165) is 12.0 Å². The summed E-state index contributed by atoms with van der Waals surface area (Å²) in [5, 5.41) is 0. The van der Waals surface area contributed by atoms with E-state index in [-0.39, 0.29) is 5.41 Å². The van der Waals surface area contributed by atoms with Crippen LogP contribution in [0.15, 0.2) is 18.2 Å². The zero-order valence-corrected chi connectivity index (χ0v) is 11.0. The lowest BCUT2D eigenvalue weighted by molar-refractivity contribution is 0.423. The van der Waals surface area contributed by atoms with E-state index in [4.69, 9.17) is 9.42 Å². The number of halogens is 1. The molecule has 0 radical (unpaired) electrons. The molecule has 2 nitrogen and oxygen atoms in total. The van der Waals surface area contributed by atoms with Crippen LogP contribution in [0.5, 0.6) is 5.75 Å². The molecule has 1 unspecified atom stereocenters. The summed E-state index contributed by atoms with van der Waals surface area (Å²) in [5.41, 5.74) is 1.97. The highest BCUT2D eigenvalue weighted by atomic mass is 31.2. The van der Waals surface area contributed by atoms with Crippen molar-refractivity contribution in [3.63, 3.8) is 0 Å². The third-order valence-corrected chi connectivity index (χ3v) is 2.78. The van der Waals surface area contributed by atoms with Crippen molar-refractivity contribution in [3.05, 3.63) is 29.3 Å². The number of benzene rings is 1. The summed E-state index contributed by atoms with van der Waals surface area (Å²) >= 11 is 0. The maximum absolute atomic E-state index is 12.5. The van der Waals surface area contributed by atoms with Crippen LogP contribution in [0.3, 0.4) is 0 Å². The van der Waals surface area contributed by atoms with Crippen LogP contribution in [0.25, 0.3) is 0 Å². The zero-order chi connectivity index (χ0) is 12.3. The number of hydrogen-bond acceptors (Lipinski definition) is 2. The van der Waals surface area contributed by atoms with Gasteiger partial charge in [0.15, 0.2) is 0 Å². The Morgan fingerprint density at radius 2 is 2.00 bits per heavy atom. The molecule has 1 N–H and O–H groups in total. The Hall–Kier alpha value is -0.660. The van der Waals surface area contributed by atoms with E-state index in [1.54, 1.807) is 6.07 Å². The summed E-state index contributed by atoms with van der Waals surface area (Å²) in [4.78, 5) is 8.70. The van der Waals surface area contributed by atoms with Crippen LogP contribution in [0.2, 0.25) is 0 Å². The summed E-state index contributed by atoms with van der Waals surface area (Å²) in [6.07, 6.45) is 0.923.